The number of pyridine rings is 1. The Morgan fingerprint density at radius 3 is 2.62 bits per heavy atom. The van der Waals surface area contributed by atoms with Crippen molar-refractivity contribution < 1.29 is 4.39 Å². The third-order valence-corrected chi connectivity index (χ3v) is 4.21. The number of hydrogen-bond acceptors (Lipinski definition) is 8. The molecule has 0 radical (unpaired) electrons. The molecular formula is C23H23FN8. The van der Waals surface area contributed by atoms with Crippen LogP contribution in [0.1, 0.15) is 0 Å². The Morgan fingerprint density at radius 1 is 1.12 bits per heavy atom. The van der Waals surface area contributed by atoms with Gasteiger partial charge in [-0.05, 0) is 36.4 Å². The highest BCUT2D eigenvalue weighted by Gasteiger charge is 2.12. The van der Waals surface area contributed by atoms with E-state index in [1.54, 1.807) is 31.6 Å². The number of aromatic nitrogens is 3. The second-order valence-corrected chi connectivity index (χ2v) is 6.52. The molecule has 2 aromatic heterocycles. The Bertz CT molecular complexity index is 1170. The summed E-state index contributed by atoms with van der Waals surface area (Å²) >= 11 is 0. The normalized spacial score (nSPS) is 11.2. The van der Waals surface area contributed by atoms with Gasteiger partial charge in [-0.15, -0.1) is 0 Å². The minimum absolute atomic E-state index is 0.303. The molecule has 0 aliphatic carbocycles. The summed E-state index contributed by atoms with van der Waals surface area (Å²) in [6, 6.07) is 10.5. The van der Waals surface area contributed by atoms with Crippen molar-refractivity contribution in [3.8, 4) is 11.1 Å². The van der Waals surface area contributed by atoms with Crippen LogP contribution in [0.25, 0.3) is 11.1 Å². The topological polar surface area (TPSA) is 113 Å². The van der Waals surface area contributed by atoms with Crippen LogP contribution in [0.4, 0.5) is 27.5 Å². The van der Waals surface area contributed by atoms with Crippen LogP contribution >= 0.6 is 0 Å². The van der Waals surface area contributed by atoms with Gasteiger partial charge in [0.2, 0.25) is 11.9 Å². The maximum absolute atomic E-state index is 13.3. The first-order valence-electron chi connectivity index (χ1n) is 9.58. The number of benzene rings is 1. The summed E-state index contributed by atoms with van der Waals surface area (Å²) in [5, 5.41) is 9.44. The van der Waals surface area contributed by atoms with Crippen LogP contribution in [0, 0.1) is 5.95 Å². The molecule has 0 bridgehead atoms. The van der Waals surface area contributed by atoms with Crippen molar-refractivity contribution in [1.82, 2.24) is 15.0 Å². The van der Waals surface area contributed by atoms with E-state index in [4.69, 9.17) is 5.73 Å². The van der Waals surface area contributed by atoms with Crippen LogP contribution in [-0.2, 0) is 0 Å². The number of anilines is 4. The number of nitrogens with one attached hydrogen (secondary N) is 3. The molecule has 3 aromatic rings. The number of hydrogen-bond donors (Lipinski definition) is 4. The lowest BCUT2D eigenvalue weighted by molar-refractivity contribution is 0.584. The highest BCUT2D eigenvalue weighted by molar-refractivity contribution is 5.83. The van der Waals surface area contributed by atoms with E-state index in [-0.39, 0.29) is 0 Å². The summed E-state index contributed by atoms with van der Waals surface area (Å²) in [6.07, 6.45) is 7.59. The maximum Gasteiger partial charge on any atom is 0.229 e. The number of rotatable bonds is 9. The molecule has 5 N–H and O–H groups in total. The number of halogens is 1. The molecule has 0 saturated carbocycles. The summed E-state index contributed by atoms with van der Waals surface area (Å²) in [6.45, 7) is 7.56. The van der Waals surface area contributed by atoms with Gasteiger partial charge >= 0.3 is 0 Å². The van der Waals surface area contributed by atoms with Gasteiger partial charge in [0, 0.05) is 60.1 Å². The van der Waals surface area contributed by atoms with Crippen molar-refractivity contribution in [2.45, 2.75) is 0 Å². The van der Waals surface area contributed by atoms with Crippen molar-refractivity contribution in [3.63, 3.8) is 0 Å². The Labute approximate surface area is 185 Å². The lowest BCUT2D eigenvalue weighted by Gasteiger charge is -2.14. The molecule has 0 saturated heterocycles. The second kappa shape index (κ2) is 10.5. The van der Waals surface area contributed by atoms with Gasteiger partial charge < -0.3 is 21.7 Å². The minimum Gasteiger partial charge on any atom is -0.403 e. The Hall–Kier alpha value is -4.53. The quantitative estimate of drug-likeness (QED) is 0.225. The van der Waals surface area contributed by atoms with Crippen LogP contribution in [0.3, 0.4) is 0 Å². The van der Waals surface area contributed by atoms with Crippen LogP contribution in [0.5, 0.6) is 0 Å². The summed E-state index contributed by atoms with van der Waals surface area (Å²) in [5.74, 6) is 0.220. The monoisotopic (exact) mass is 430 g/mol. The van der Waals surface area contributed by atoms with E-state index in [2.05, 4.69) is 49.1 Å². The average Bonchev–Trinajstić information content (AvgIpc) is 2.80. The van der Waals surface area contributed by atoms with Gasteiger partial charge in [0.05, 0.1) is 5.70 Å². The first-order chi connectivity index (χ1) is 15.5. The summed E-state index contributed by atoms with van der Waals surface area (Å²) in [7, 11) is 1.63. The number of nitrogens with zero attached hydrogens (tertiary/aromatic N) is 4. The Balaban J connectivity index is 1.99. The molecule has 0 aliphatic rings. The highest BCUT2D eigenvalue weighted by atomic mass is 19.1. The first-order valence-corrected chi connectivity index (χ1v) is 9.58. The molecule has 2 heterocycles. The molecule has 3 rings (SSSR count). The molecular weight excluding hydrogens is 407 g/mol. The fourth-order valence-electron chi connectivity index (χ4n) is 2.72. The van der Waals surface area contributed by atoms with E-state index >= 15 is 0 Å². The van der Waals surface area contributed by atoms with Gasteiger partial charge in [0.25, 0.3) is 0 Å². The van der Waals surface area contributed by atoms with E-state index in [9.17, 15) is 4.39 Å². The molecule has 0 spiro atoms. The highest BCUT2D eigenvalue weighted by Crippen LogP contribution is 2.30. The van der Waals surface area contributed by atoms with E-state index < -0.39 is 5.95 Å². The summed E-state index contributed by atoms with van der Waals surface area (Å²) in [5.41, 5.74) is 9.70. The van der Waals surface area contributed by atoms with Crippen molar-refractivity contribution in [2.24, 2.45) is 10.7 Å². The van der Waals surface area contributed by atoms with Crippen LogP contribution in [0.2, 0.25) is 0 Å². The zero-order valence-electron chi connectivity index (χ0n) is 17.5. The largest absolute Gasteiger partial charge is 0.403 e. The molecule has 0 fully saturated rings. The van der Waals surface area contributed by atoms with Crippen molar-refractivity contribution in [3.05, 3.63) is 91.6 Å². The van der Waals surface area contributed by atoms with E-state index in [1.165, 1.54) is 18.5 Å². The van der Waals surface area contributed by atoms with Gasteiger partial charge in [-0.3, -0.25) is 4.99 Å². The molecule has 0 unspecified atom stereocenters. The van der Waals surface area contributed by atoms with E-state index in [0.717, 1.165) is 11.4 Å². The van der Waals surface area contributed by atoms with Gasteiger partial charge in [-0.25, -0.2) is 9.97 Å². The van der Waals surface area contributed by atoms with Crippen molar-refractivity contribution in [2.75, 3.05) is 23.0 Å². The van der Waals surface area contributed by atoms with Crippen LogP contribution in [-0.4, -0.2) is 28.2 Å². The maximum atomic E-state index is 13.3. The predicted molar refractivity (Wildman–Crippen MR) is 128 cm³/mol. The van der Waals surface area contributed by atoms with Gasteiger partial charge in [-0.1, -0.05) is 19.2 Å². The first kappa shape index (κ1) is 22.2. The van der Waals surface area contributed by atoms with Crippen LogP contribution < -0.4 is 21.7 Å². The predicted octanol–water partition coefficient (Wildman–Crippen LogP) is 4.45. The summed E-state index contributed by atoms with van der Waals surface area (Å²) in [4.78, 5) is 16.6. The minimum atomic E-state index is -0.569. The molecule has 0 atom stereocenters. The fraction of sp³-hybridized carbons (Fsp3) is 0.0435. The van der Waals surface area contributed by atoms with Gasteiger partial charge in [-0.2, -0.15) is 9.37 Å². The van der Waals surface area contributed by atoms with Gasteiger partial charge in [0.1, 0.15) is 5.82 Å². The molecule has 0 amide bonds. The van der Waals surface area contributed by atoms with Gasteiger partial charge in [0.15, 0.2) is 0 Å². The number of nitrogens with two attached hydrogens (primary N) is 1. The van der Waals surface area contributed by atoms with Crippen molar-refractivity contribution >= 4 is 29.4 Å². The zero-order chi connectivity index (χ0) is 22.9. The molecule has 0 aliphatic heterocycles. The lowest BCUT2D eigenvalue weighted by atomic mass is 10.1. The lowest BCUT2D eigenvalue weighted by Crippen LogP contribution is -2.09. The molecule has 8 nitrogen and oxygen atoms in total. The summed E-state index contributed by atoms with van der Waals surface area (Å²) < 4.78 is 13.3. The SMILES string of the molecule is C=CC(=C)Nc1cccc(Nc2nc(N/C(C=NC)=C/N)ncc2-c2ccc(F)nc2)c1. The number of allylic oxidation sites excluding steroid dienone is 2. The second-order valence-electron chi connectivity index (χ2n) is 6.52. The van der Waals surface area contributed by atoms with E-state index in [1.807, 2.05) is 24.3 Å². The molecule has 1 aromatic carbocycles. The zero-order valence-corrected chi connectivity index (χ0v) is 17.5. The molecule has 32 heavy (non-hydrogen) atoms. The molecule has 9 heteroatoms. The fourth-order valence-corrected chi connectivity index (χ4v) is 2.72. The van der Waals surface area contributed by atoms with E-state index in [0.29, 0.717) is 34.3 Å². The number of aliphatic imine (C=N–C) groups is 1. The third kappa shape index (κ3) is 5.76. The Morgan fingerprint density at radius 2 is 1.94 bits per heavy atom. The van der Waals surface area contributed by atoms with Crippen molar-refractivity contribution in [1.29, 1.82) is 0 Å². The third-order valence-electron chi connectivity index (χ3n) is 4.21. The average molecular weight is 430 g/mol. The standard InChI is InChI=1S/C23H23FN8/c1-4-15(2)29-17-6-5-7-18(10-17)30-22-20(16-8-9-21(24)27-12-16)14-28-23(32-22)31-19(11-25)13-26-3/h4-14,29H,1-2,25H2,3H3,(H2,28,30,31,32)/b19-11+,26-13?. The Kier molecular flexibility index (Phi) is 7.26. The molecule has 162 valence electrons. The smallest absolute Gasteiger partial charge is 0.229 e. The van der Waals surface area contributed by atoms with Crippen LogP contribution in [0.15, 0.2) is 90.6 Å².